The lowest BCUT2D eigenvalue weighted by atomic mass is 10.1. The van der Waals surface area contributed by atoms with Gasteiger partial charge in [0.2, 0.25) is 11.8 Å². The Morgan fingerprint density at radius 3 is 2.74 bits per heavy atom. The number of ether oxygens (including phenoxy) is 1. The molecule has 0 N–H and O–H groups in total. The second kappa shape index (κ2) is 6.54. The predicted molar refractivity (Wildman–Crippen MR) is 81.1 cm³/mol. The monoisotopic (exact) mass is 319 g/mol. The fourth-order valence-electron chi connectivity index (χ4n) is 2.81. The number of aromatic nitrogens is 2. The normalized spacial score (nSPS) is 18.4. The molecule has 3 rings (SSSR count). The molecular weight excluding hydrogens is 298 g/mol. The van der Waals surface area contributed by atoms with Gasteiger partial charge in [0.15, 0.2) is 5.76 Å². The van der Waals surface area contributed by atoms with Crippen LogP contribution >= 0.6 is 0 Å². The minimum atomic E-state index is -0.377. The number of amides is 1. The summed E-state index contributed by atoms with van der Waals surface area (Å²) in [6.07, 6.45) is 1.61. The van der Waals surface area contributed by atoms with Gasteiger partial charge in [0, 0.05) is 19.9 Å². The summed E-state index contributed by atoms with van der Waals surface area (Å²) in [7, 11) is 0. The van der Waals surface area contributed by atoms with E-state index in [2.05, 4.69) is 17.1 Å². The van der Waals surface area contributed by atoms with Gasteiger partial charge in [-0.15, -0.1) is 10.2 Å². The highest BCUT2D eigenvalue weighted by molar-refractivity contribution is 5.92. The molecule has 1 unspecified atom stereocenters. The average Bonchev–Trinajstić information content (AvgIpc) is 3.20. The SMILES string of the molecule is CCc1cc(C(=O)N2CCOCC2c2nnc(C)o2)oc1CC. The van der Waals surface area contributed by atoms with E-state index in [1.54, 1.807) is 11.8 Å². The summed E-state index contributed by atoms with van der Waals surface area (Å²) in [5.41, 5.74) is 1.08. The Balaban J connectivity index is 1.88. The second-order valence-corrected chi connectivity index (χ2v) is 5.51. The van der Waals surface area contributed by atoms with Gasteiger partial charge >= 0.3 is 0 Å². The van der Waals surface area contributed by atoms with Crippen molar-refractivity contribution in [3.8, 4) is 0 Å². The van der Waals surface area contributed by atoms with E-state index in [9.17, 15) is 4.79 Å². The summed E-state index contributed by atoms with van der Waals surface area (Å²) in [5, 5.41) is 7.87. The first-order chi connectivity index (χ1) is 11.1. The number of carbonyl (C=O) groups is 1. The Kier molecular flexibility index (Phi) is 4.47. The summed E-state index contributed by atoms with van der Waals surface area (Å²) >= 11 is 0. The van der Waals surface area contributed by atoms with Crippen LogP contribution in [0.2, 0.25) is 0 Å². The molecule has 23 heavy (non-hydrogen) atoms. The molecule has 7 nitrogen and oxygen atoms in total. The summed E-state index contributed by atoms with van der Waals surface area (Å²) in [5.74, 6) is 1.94. The van der Waals surface area contributed by atoms with Crippen molar-refractivity contribution in [3.05, 3.63) is 34.9 Å². The molecule has 0 aliphatic carbocycles. The van der Waals surface area contributed by atoms with Crippen LogP contribution in [0, 0.1) is 6.92 Å². The predicted octanol–water partition coefficient (Wildman–Crippen LogP) is 2.31. The third kappa shape index (κ3) is 3.01. The van der Waals surface area contributed by atoms with Gasteiger partial charge in [-0.1, -0.05) is 13.8 Å². The zero-order chi connectivity index (χ0) is 16.4. The van der Waals surface area contributed by atoms with E-state index >= 15 is 0 Å². The number of hydrogen-bond acceptors (Lipinski definition) is 6. The molecule has 7 heteroatoms. The fraction of sp³-hybridized carbons (Fsp3) is 0.562. The highest BCUT2D eigenvalue weighted by Crippen LogP contribution is 2.27. The molecular formula is C16H21N3O4. The molecule has 0 saturated carbocycles. The van der Waals surface area contributed by atoms with E-state index < -0.39 is 0 Å². The van der Waals surface area contributed by atoms with Crippen LogP contribution in [0.15, 0.2) is 14.9 Å². The molecule has 0 bridgehead atoms. The highest BCUT2D eigenvalue weighted by Gasteiger charge is 2.34. The van der Waals surface area contributed by atoms with Gasteiger partial charge < -0.3 is 18.5 Å². The zero-order valence-electron chi connectivity index (χ0n) is 13.7. The van der Waals surface area contributed by atoms with Crippen LogP contribution in [-0.2, 0) is 17.6 Å². The molecule has 2 aromatic heterocycles. The Morgan fingerprint density at radius 2 is 2.13 bits per heavy atom. The van der Waals surface area contributed by atoms with Gasteiger partial charge in [0.1, 0.15) is 11.8 Å². The largest absolute Gasteiger partial charge is 0.456 e. The number of carbonyl (C=O) groups excluding carboxylic acids is 1. The Morgan fingerprint density at radius 1 is 1.30 bits per heavy atom. The van der Waals surface area contributed by atoms with Gasteiger partial charge in [-0.3, -0.25) is 4.79 Å². The maximum absolute atomic E-state index is 12.9. The maximum Gasteiger partial charge on any atom is 0.290 e. The van der Waals surface area contributed by atoms with E-state index in [1.807, 2.05) is 13.0 Å². The average molecular weight is 319 g/mol. The zero-order valence-corrected chi connectivity index (χ0v) is 13.7. The molecule has 1 fully saturated rings. The minimum absolute atomic E-state index is 0.163. The molecule has 1 saturated heterocycles. The molecule has 124 valence electrons. The van der Waals surface area contributed by atoms with Gasteiger partial charge in [-0.2, -0.15) is 0 Å². The first-order valence-electron chi connectivity index (χ1n) is 7.94. The van der Waals surface area contributed by atoms with E-state index in [0.717, 1.165) is 24.2 Å². The van der Waals surface area contributed by atoms with Gasteiger partial charge in [0.05, 0.1) is 13.2 Å². The van der Waals surface area contributed by atoms with Crippen molar-refractivity contribution >= 4 is 5.91 Å². The summed E-state index contributed by atoms with van der Waals surface area (Å²) < 4.78 is 16.7. The number of hydrogen-bond donors (Lipinski definition) is 0. The van der Waals surface area contributed by atoms with Crippen LogP contribution in [-0.4, -0.2) is 40.8 Å². The molecule has 1 aliphatic rings. The standard InChI is InChI=1S/C16H21N3O4/c1-4-11-8-14(23-13(11)5-2)16(20)19-6-7-21-9-12(19)15-18-17-10(3)22-15/h8,12H,4-7,9H2,1-3H3. The summed E-state index contributed by atoms with van der Waals surface area (Å²) in [6.45, 7) is 7.09. The van der Waals surface area contributed by atoms with Crippen molar-refractivity contribution < 1.29 is 18.4 Å². The highest BCUT2D eigenvalue weighted by atomic mass is 16.5. The van der Waals surface area contributed by atoms with Crippen LogP contribution in [0.3, 0.4) is 0 Å². The third-order valence-corrected chi connectivity index (χ3v) is 4.03. The van der Waals surface area contributed by atoms with Gasteiger partial charge in [-0.25, -0.2) is 0 Å². The molecule has 0 aromatic carbocycles. The molecule has 3 heterocycles. The molecule has 0 radical (unpaired) electrons. The number of nitrogens with zero attached hydrogens (tertiary/aromatic N) is 3. The van der Waals surface area contributed by atoms with E-state index in [4.69, 9.17) is 13.6 Å². The van der Waals surface area contributed by atoms with Crippen molar-refractivity contribution in [2.75, 3.05) is 19.8 Å². The number of aryl methyl sites for hydroxylation is 3. The topological polar surface area (TPSA) is 81.6 Å². The lowest BCUT2D eigenvalue weighted by Gasteiger charge is -2.32. The quantitative estimate of drug-likeness (QED) is 0.860. The van der Waals surface area contributed by atoms with Crippen LogP contribution in [0.25, 0.3) is 0 Å². The molecule has 0 spiro atoms. The number of morpholine rings is 1. The van der Waals surface area contributed by atoms with Crippen molar-refractivity contribution in [3.63, 3.8) is 0 Å². The van der Waals surface area contributed by atoms with Crippen LogP contribution in [0.1, 0.15) is 53.5 Å². The van der Waals surface area contributed by atoms with Crippen molar-refractivity contribution in [2.24, 2.45) is 0 Å². The molecule has 1 atom stereocenters. The summed E-state index contributed by atoms with van der Waals surface area (Å²) in [6, 6.07) is 1.46. The van der Waals surface area contributed by atoms with E-state index in [1.165, 1.54) is 0 Å². The molecule has 1 aliphatic heterocycles. The minimum Gasteiger partial charge on any atom is -0.456 e. The smallest absolute Gasteiger partial charge is 0.290 e. The maximum atomic E-state index is 12.9. The van der Waals surface area contributed by atoms with Crippen LogP contribution in [0.5, 0.6) is 0 Å². The van der Waals surface area contributed by atoms with Gasteiger partial charge in [0.25, 0.3) is 5.91 Å². The van der Waals surface area contributed by atoms with Crippen molar-refractivity contribution in [2.45, 2.75) is 39.7 Å². The Hall–Kier alpha value is -2.15. The van der Waals surface area contributed by atoms with E-state index in [-0.39, 0.29) is 11.9 Å². The Labute approximate surface area is 134 Å². The van der Waals surface area contributed by atoms with Crippen molar-refractivity contribution in [1.29, 1.82) is 0 Å². The third-order valence-electron chi connectivity index (χ3n) is 4.03. The molecule has 1 amide bonds. The first-order valence-corrected chi connectivity index (χ1v) is 7.94. The van der Waals surface area contributed by atoms with E-state index in [0.29, 0.717) is 37.3 Å². The van der Waals surface area contributed by atoms with Crippen LogP contribution in [0.4, 0.5) is 0 Å². The first kappa shape index (κ1) is 15.7. The fourth-order valence-corrected chi connectivity index (χ4v) is 2.81. The lowest BCUT2D eigenvalue weighted by molar-refractivity contribution is -0.0121. The second-order valence-electron chi connectivity index (χ2n) is 5.51. The van der Waals surface area contributed by atoms with Gasteiger partial charge in [-0.05, 0) is 18.1 Å². The summed E-state index contributed by atoms with van der Waals surface area (Å²) in [4.78, 5) is 14.6. The Bertz CT molecular complexity index is 670. The van der Waals surface area contributed by atoms with Crippen molar-refractivity contribution in [1.82, 2.24) is 15.1 Å². The lowest BCUT2D eigenvalue weighted by Crippen LogP contribution is -2.43. The number of furan rings is 1. The molecule has 2 aromatic rings. The van der Waals surface area contributed by atoms with Crippen LogP contribution < -0.4 is 0 Å². The number of rotatable bonds is 4.